The van der Waals surface area contributed by atoms with Crippen LogP contribution in [0.25, 0.3) is 33.4 Å². The van der Waals surface area contributed by atoms with Crippen LogP contribution in [0.4, 0.5) is 0 Å². The largest absolute Gasteiger partial charge is 0.536 e. The van der Waals surface area contributed by atoms with Crippen molar-refractivity contribution in [2.45, 2.75) is 0 Å². The summed E-state index contributed by atoms with van der Waals surface area (Å²) < 4.78 is 102. The molecule has 0 heterocycles. The molecule has 0 aromatic heterocycles. The Labute approximate surface area is 298 Å². The Morgan fingerprint density at radius 3 is 0.712 bits per heavy atom. The molecular weight excluding hydrogens is 846 g/mol. The number of halogens is 1. The second-order valence-corrected chi connectivity index (χ2v) is 17.9. The summed E-state index contributed by atoms with van der Waals surface area (Å²) in [6, 6.07) is 19.6. The van der Waals surface area contributed by atoms with Gasteiger partial charge in [-0.3, -0.25) is 14.7 Å². The molecule has 9 N–H and O–H groups in total. The predicted molar refractivity (Wildman–Crippen MR) is 181 cm³/mol. The fourth-order valence-electron chi connectivity index (χ4n) is 4.36. The summed E-state index contributed by atoms with van der Waals surface area (Å²) in [5.41, 5.74) is -2.90. The number of phosphoric ester groups is 3. The molecule has 0 fully saturated rings. The maximum atomic E-state index is 13.2. The van der Waals surface area contributed by atoms with Gasteiger partial charge in [-0.2, -0.15) is 12.9 Å². The molecule has 28 heteroatoms. The molecule has 0 aliphatic heterocycles. The maximum Gasteiger partial charge on any atom is 0.536 e. The van der Waals surface area contributed by atoms with Crippen molar-refractivity contribution in [1.29, 1.82) is 0 Å². The third kappa shape index (κ3) is 12.5. The van der Waals surface area contributed by atoms with Gasteiger partial charge in [0.2, 0.25) is 0 Å². The second-order valence-electron chi connectivity index (χ2n) is 9.61. The van der Waals surface area contributed by atoms with Crippen LogP contribution in [0.3, 0.4) is 0 Å². The van der Waals surface area contributed by atoms with E-state index < -0.39 is 80.9 Å². The molecule has 3 atom stereocenters. The molecule has 4 aromatic rings. The quantitative estimate of drug-likeness (QED) is 0.0630. The van der Waals surface area contributed by atoms with E-state index in [0.29, 0.717) is 0 Å². The van der Waals surface area contributed by atoms with Gasteiger partial charge < -0.3 is 42.9 Å². The molecule has 21 nitrogen and oxygen atoms in total. The monoisotopic (exact) mass is 870 g/mol. The lowest BCUT2D eigenvalue weighted by Crippen LogP contribution is -2.07. The van der Waals surface area contributed by atoms with E-state index in [0.717, 1.165) is 0 Å². The van der Waals surface area contributed by atoms with Crippen LogP contribution in [0.2, 0.25) is 0 Å². The van der Waals surface area contributed by atoms with Crippen LogP contribution in [-0.2, 0) is 40.3 Å². The van der Waals surface area contributed by atoms with Gasteiger partial charge in [0.15, 0.2) is 17.2 Å². The highest BCUT2D eigenvalue weighted by atomic mass is 35.5. The van der Waals surface area contributed by atoms with Crippen LogP contribution in [0, 0.1) is 0 Å². The van der Waals surface area contributed by atoms with Crippen molar-refractivity contribution >= 4 is 59.3 Å². The molecular formula is C24H25ClO21P6. The first-order valence-corrected chi connectivity index (χ1v) is 22.2. The van der Waals surface area contributed by atoms with Crippen molar-refractivity contribution in [3.05, 3.63) is 91.0 Å². The van der Waals surface area contributed by atoms with E-state index in [2.05, 4.69) is 12.9 Å². The van der Waals surface area contributed by atoms with Gasteiger partial charge in [0.05, 0.1) is 16.7 Å². The van der Waals surface area contributed by atoms with Gasteiger partial charge in [-0.05, 0) is 16.7 Å². The number of hydrogen-bond acceptors (Lipinski definition) is 12. The number of benzene rings is 4. The molecule has 0 saturated heterocycles. The molecule has 0 amide bonds. The van der Waals surface area contributed by atoms with Crippen molar-refractivity contribution < 1.29 is 97.9 Å². The van der Waals surface area contributed by atoms with Crippen LogP contribution >= 0.6 is 59.3 Å². The summed E-state index contributed by atoms with van der Waals surface area (Å²) >= 11 is 0. The summed E-state index contributed by atoms with van der Waals surface area (Å²) in [6.45, 7) is 0. The first-order valence-electron chi connectivity index (χ1n) is 13.1. The Balaban J connectivity index is 0.00000729. The standard InChI is InChI=1S/C24H24O21P6.ClH/c25-46(26,27)43-49(34,35)40-22-19(16-10-4-1-5-11-16)23(41-50(36,37)44-47(28,29)30)21(18-14-8-3-9-15-18)24(20(22)17-12-6-2-7-13-17)42-51(38,39)45-48(31,32)33;/h1-15H,(H,34,35)(H,36,37)(H,38,39)(H2,25,26,27)(H2,28,29,30)(H2,31,32,33);1H. The Bertz CT molecular complexity index is 1920. The van der Waals surface area contributed by atoms with Gasteiger partial charge in [-0.15, -0.1) is 12.4 Å². The van der Waals surface area contributed by atoms with E-state index in [-0.39, 0.29) is 29.1 Å². The lowest BCUT2D eigenvalue weighted by molar-refractivity contribution is 0.228. The third-order valence-electron chi connectivity index (χ3n) is 5.80. The summed E-state index contributed by atoms with van der Waals surface area (Å²) in [6.07, 6.45) is 0. The summed E-state index contributed by atoms with van der Waals surface area (Å²) in [4.78, 5) is 87.7. The maximum absolute atomic E-state index is 13.2. The summed E-state index contributed by atoms with van der Waals surface area (Å²) in [7, 11) is -35.9. The molecule has 0 aliphatic carbocycles. The topological polar surface area (TPSA) is 340 Å². The lowest BCUT2D eigenvalue weighted by Gasteiger charge is -2.28. The van der Waals surface area contributed by atoms with Crippen LogP contribution in [0.5, 0.6) is 17.2 Å². The zero-order chi connectivity index (χ0) is 38.0. The van der Waals surface area contributed by atoms with Gasteiger partial charge in [0, 0.05) is 0 Å². The van der Waals surface area contributed by atoms with Crippen LogP contribution < -0.4 is 13.6 Å². The van der Waals surface area contributed by atoms with E-state index in [1.54, 1.807) is 0 Å². The molecule has 0 saturated carbocycles. The van der Waals surface area contributed by atoms with Gasteiger partial charge in [-0.25, -0.2) is 27.4 Å². The Hall–Kier alpha value is -2.53. The summed E-state index contributed by atoms with van der Waals surface area (Å²) in [5, 5.41) is 0. The molecule has 0 bridgehead atoms. The van der Waals surface area contributed by atoms with E-state index >= 15 is 0 Å². The normalized spacial score (nSPS) is 15.6. The van der Waals surface area contributed by atoms with E-state index in [1.807, 2.05) is 0 Å². The summed E-state index contributed by atoms with van der Waals surface area (Å²) in [5.74, 6) is -3.49. The van der Waals surface area contributed by atoms with Gasteiger partial charge in [-0.1, -0.05) is 91.0 Å². The minimum atomic E-state index is -6.08. The zero-order valence-electron chi connectivity index (χ0n) is 25.2. The first kappa shape index (κ1) is 43.9. The zero-order valence-corrected chi connectivity index (χ0v) is 31.4. The fourth-order valence-corrected chi connectivity index (χ4v) is 9.22. The number of hydrogen-bond donors (Lipinski definition) is 9. The van der Waals surface area contributed by atoms with Gasteiger partial charge >= 0.3 is 46.9 Å². The average Bonchev–Trinajstić information content (AvgIpc) is 2.94. The van der Waals surface area contributed by atoms with Crippen molar-refractivity contribution in [1.82, 2.24) is 0 Å². The first-order chi connectivity index (χ1) is 23.4. The second kappa shape index (κ2) is 16.5. The molecule has 0 aliphatic rings. The van der Waals surface area contributed by atoms with Crippen LogP contribution in [0.15, 0.2) is 91.0 Å². The smallest absolute Gasteiger partial charge is 0.402 e. The Morgan fingerprint density at radius 1 is 0.346 bits per heavy atom. The van der Waals surface area contributed by atoms with Gasteiger partial charge in [0.25, 0.3) is 0 Å². The van der Waals surface area contributed by atoms with Crippen molar-refractivity contribution in [2.75, 3.05) is 0 Å². The fraction of sp³-hybridized carbons (Fsp3) is 0. The lowest BCUT2D eigenvalue weighted by atomic mass is 9.89. The average molecular weight is 871 g/mol. The minimum Gasteiger partial charge on any atom is -0.402 e. The molecule has 52 heavy (non-hydrogen) atoms. The SMILES string of the molecule is Cl.O=P(O)(O)OP(=O)(O)Oc1c(-c2ccccc2)c(OP(=O)(O)OP(=O)(O)O)c(-c2ccccc2)c(OP(=O)(O)OP(=O)(O)O)c1-c1ccccc1. The van der Waals surface area contributed by atoms with Crippen molar-refractivity contribution in [2.24, 2.45) is 0 Å². The molecule has 284 valence electrons. The molecule has 4 aromatic carbocycles. The van der Waals surface area contributed by atoms with E-state index in [9.17, 15) is 71.4 Å². The van der Waals surface area contributed by atoms with Gasteiger partial charge in [0.1, 0.15) is 0 Å². The van der Waals surface area contributed by atoms with Crippen molar-refractivity contribution in [3.8, 4) is 50.6 Å². The molecule has 0 spiro atoms. The minimum absolute atomic E-state index is 0. The van der Waals surface area contributed by atoms with E-state index in [1.165, 1.54) is 91.0 Å². The van der Waals surface area contributed by atoms with E-state index in [4.69, 9.17) is 13.6 Å². The Morgan fingerprint density at radius 2 is 0.538 bits per heavy atom. The highest BCUT2D eigenvalue weighted by Gasteiger charge is 2.44. The van der Waals surface area contributed by atoms with Crippen molar-refractivity contribution in [3.63, 3.8) is 0 Å². The highest BCUT2D eigenvalue weighted by Crippen LogP contribution is 2.68. The molecule has 0 radical (unpaired) electrons. The molecule has 4 rings (SSSR count). The highest BCUT2D eigenvalue weighted by molar-refractivity contribution is 7.61. The van der Waals surface area contributed by atoms with Crippen LogP contribution in [-0.4, -0.2) is 44.0 Å². The Kier molecular flexibility index (Phi) is 13.9. The number of rotatable bonds is 15. The van der Waals surface area contributed by atoms with Crippen LogP contribution in [0.1, 0.15) is 0 Å². The molecule has 3 unspecified atom stereocenters. The number of phosphoric acid groups is 6. The predicted octanol–water partition coefficient (Wildman–Crippen LogP) is 5.87. The third-order valence-corrected chi connectivity index (χ3v) is 12.1.